The number of carboxylic acids is 1. The molecule has 7 N–H and O–H groups in total. The number of nitrogens with two attached hydrogens (primary N) is 2. The molecule has 0 bridgehead atoms. The van der Waals surface area contributed by atoms with Crippen LogP contribution >= 0.6 is 0 Å². The molecule has 0 fully saturated rings. The number of rotatable bonds is 5. The Morgan fingerprint density at radius 1 is 1.03 bits per heavy atom. The number of pyridine rings is 1. The molecule has 4 aromatic rings. The first-order valence-corrected chi connectivity index (χ1v) is 10.5. The zero-order valence-corrected chi connectivity index (χ0v) is 19.6. The molecule has 0 atom stereocenters. The van der Waals surface area contributed by atoms with Crippen molar-refractivity contribution in [3.05, 3.63) is 78.6 Å². The van der Waals surface area contributed by atoms with E-state index in [1.54, 1.807) is 24.5 Å². The molecule has 0 unspecified atom stereocenters. The molecule has 2 amide bonds. The summed E-state index contributed by atoms with van der Waals surface area (Å²) in [6.07, 6.45) is -2.06. The smallest absolute Gasteiger partial charge is 0.475 e. The fourth-order valence-electron chi connectivity index (χ4n) is 2.62. The van der Waals surface area contributed by atoms with Gasteiger partial charge in [-0.1, -0.05) is 0 Å². The number of H-pyrrole nitrogens is 1. The minimum Gasteiger partial charge on any atom is -0.475 e. The zero-order valence-electron chi connectivity index (χ0n) is 19.6. The number of fused-ring (bicyclic) bond motifs is 1. The predicted molar refractivity (Wildman–Crippen MR) is 130 cm³/mol. The summed E-state index contributed by atoms with van der Waals surface area (Å²) in [7, 11) is 0. The van der Waals surface area contributed by atoms with E-state index in [9.17, 15) is 31.5 Å². The maximum Gasteiger partial charge on any atom is 0.490 e. The van der Waals surface area contributed by atoms with Crippen LogP contribution in [0.4, 0.5) is 33.3 Å². The molecule has 2 aromatic heterocycles. The molecular weight excluding hydrogens is 533 g/mol. The number of anilines is 2. The number of aromatic nitrogens is 2. The second-order valence-corrected chi connectivity index (χ2v) is 7.34. The molecule has 0 aliphatic carbocycles. The Morgan fingerprint density at radius 2 is 1.67 bits per heavy atom. The number of ether oxygens (including phenoxy) is 1. The second kappa shape index (κ2) is 13.4. The summed E-state index contributed by atoms with van der Waals surface area (Å²) in [5.74, 6) is -3.84. The Morgan fingerprint density at radius 3 is 2.23 bits per heavy atom. The van der Waals surface area contributed by atoms with Gasteiger partial charge < -0.3 is 31.6 Å². The predicted octanol–water partition coefficient (Wildman–Crippen LogP) is 4.35. The highest BCUT2D eigenvalue weighted by Crippen LogP contribution is 2.29. The number of aromatic amines is 1. The second-order valence-electron chi connectivity index (χ2n) is 7.34. The normalized spacial score (nSPS) is 10.4. The third-order valence-corrected chi connectivity index (χ3v) is 4.33. The lowest BCUT2D eigenvalue weighted by atomic mass is 10.3. The summed E-state index contributed by atoms with van der Waals surface area (Å²) < 4.78 is 63.1. The summed E-state index contributed by atoms with van der Waals surface area (Å²) in [6.45, 7) is 0. The molecule has 0 saturated heterocycles. The van der Waals surface area contributed by atoms with Crippen LogP contribution in [-0.2, 0) is 14.4 Å². The molecular formula is C24H20F5N5O5. The quantitative estimate of drug-likeness (QED) is 0.139. The van der Waals surface area contributed by atoms with Gasteiger partial charge in [0, 0.05) is 24.1 Å². The van der Waals surface area contributed by atoms with Gasteiger partial charge in [0.05, 0.1) is 11.1 Å². The minimum absolute atomic E-state index is 0.101. The van der Waals surface area contributed by atoms with Gasteiger partial charge in [0.15, 0.2) is 0 Å². The highest BCUT2D eigenvalue weighted by Gasteiger charge is 2.38. The van der Waals surface area contributed by atoms with Crippen LogP contribution in [0.1, 0.15) is 6.42 Å². The van der Waals surface area contributed by atoms with Crippen LogP contribution in [0.15, 0.2) is 67.0 Å². The first-order valence-electron chi connectivity index (χ1n) is 10.5. The van der Waals surface area contributed by atoms with Gasteiger partial charge in [0.25, 0.3) is 0 Å². The Hall–Kier alpha value is -5.21. The van der Waals surface area contributed by atoms with Crippen molar-refractivity contribution in [1.29, 1.82) is 0 Å². The van der Waals surface area contributed by atoms with Crippen molar-refractivity contribution in [3.8, 4) is 11.5 Å². The third-order valence-electron chi connectivity index (χ3n) is 4.33. The van der Waals surface area contributed by atoms with Crippen LogP contribution in [-0.4, -0.2) is 39.0 Å². The van der Waals surface area contributed by atoms with Crippen molar-refractivity contribution in [2.45, 2.75) is 12.6 Å². The van der Waals surface area contributed by atoms with Crippen LogP contribution in [0, 0.1) is 11.6 Å². The topological polar surface area (TPSA) is 173 Å². The average Bonchev–Trinajstić information content (AvgIpc) is 3.33. The van der Waals surface area contributed by atoms with Gasteiger partial charge in [0.1, 0.15) is 35.2 Å². The van der Waals surface area contributed by atoms with E-state index in [1.807, 2.05) is 6.07 Å². The molecule has 10 nitrogen and oxygen atoms in total. The number of nitrogens with zero attached hydrogens (tertiary/aromatic N) is 1. The number of carboxylic acid groups (broad SMARTS) is 1. The Bertz CT molecular complexity index is 1440. The van der Waals surface area contributed by atoms with Gasteiger partial charge in [-0.25, -0.2) is 18.6 Å². The van der Waals surface area contributed by atoms with Crippen LogP contribution in [0.3, 0.4) is 0 Å². The van der Waals surface area contributed by atoms with E-state index in [0.29, 0.717) is 17.2 Å². The number of primary amides is 1. The summed E-state index contributed by atoms with van der Waals surface area (Å²) in [4.78, 5) is 37.4. The lowest BCUT2D eigenvalue weighted by Crippen LogP contribution is -2.21. The highest BCUT2D eigenvalue weighted by molar-refractivity contribution is 6.03. The third kappa shape index (κ3) is 9.99. The van der Waals surface area contributed by atoms with Gasteiger partial charge in [-0.05, 0) is 48.5 Å². The van der Waals surface area contributed by atoms with Crippen LogP contribution < -0.4 is 21.5 Å². The number of carbonyl (C=O) groups is 3. The monoisotopic (exact) mass is 553 g/mol. The fourth-order valence-corrected chi connectivity index (χ4v) is 2.62. The average molecular weight is 553 g/mol. The molecule has 39 heavy (non-hydrogen) atoms. The van der Waals surface area contributed by atoms with E-state index in [-0.39, 0.29) is 12.1 Å². The summed E-state index contributed by atoms with van der Waals surface area (Å²) in [6, 6.07) is 13.1. The van der Waals surface area contributed by atoms with E-state index in [2.05, 4.69) is 15.3 Å². The molecule has 0 aliphatic heterocycles. The number of hydrogen-bond donors (Lipinski definition) is 5. The summed E-state index contributed by atoms with van der Waals surface area (Å²) in [5.41, 5.74) is 11.5. The Balaban J connectivity index is 0.000000227. The molecule has 4 rings (SSSR count). The van der Waals surface area contributed by atoms with Crippen molar-refractivity contribution in [2.75, 3.05) is 11.1 Å². The van der Waals surface area contributed by atoms with Crippen molar-refractivity contribution in [1.82, 2.24) is 9.97 Å². The maximum absolute atomic E-state index is 13.3. The van der Waals surface area contributed by atoms with E-state index in [1.165, 1.54) is 36.4 Å². The zero-order chi connectivity index (χ0) is 29.2. The van der Waals surface area contributed by atoms with Crippen LogP contribution in [0.25, 0.3) is 11.0 Å². The molecule has 206 valence electrons. The van der Waals surface area contributed by atoms with Crippen molar-refractivity contribution < 1.29 is 46.2 Å². The van der Waals surface area contributed by atoms with E-state index in [0.717, 1.165) is 11.0 Å². The largest absolute Gasteiger partial charge is 0.490 e. The fraction of sp³-hybridized carbons (Fsp3) is 0.0833. The highest BCUT2D eigenvalue weighted by atomic mass is 19.4. The molecule has 0 radical (unpaired) electrons. The number of aliphatic carboxylic acids is 1. The Labute approximate surface area is 216 Å². The van der Waals surface area contributed by atoms with Crippen LogP contribution in [0.5, 0.6) is 11.5 Å². The molecule has 15 heteroatoms. The van der Waals surface area contributed by atoms with Gasteiger partial charge in [0.2, 0.25) is 11.8 Å². The number of halogens is 5. The number of benzene rings is 2. The number of nitrogen functional groups attached to an aromatic ring is 1. The lowest BCUT2D eigenvalue weighted by Gasteiger charge is -2.07. The number of alkyl halides is 3. The number of nitrogens with one attached hydrogen (secondary N) is 2. The maximum atomic E-state index is 13.3. The summed E-state index contributed by atoms with van der Waals surface area (Å²) in [5, 5.41) is 10.4. The van der Waals surface area contributed by atoms with Crippen LogP contribution in [0.2, 0.25) is 0 Å². The molecule has 2 heterocycles. The van der Waals surface area contributed by atoms with Crippen molar-refractivity contribution in [3.63, 3.8) is 0 Å². The van der Waals surface area contributed by atoms with Gasteiger partial charge in [-0.2, -0.15) is 13.2 Å². The molecule has 2 aromatic carbocycles. The first-order chi connectivity index (χ1) is 18.3. The van der Waals surface area contributed by atoms with E-state index in [4.69, 9.17) is 26.1 Å². The Kier molecular flexibility index (Phi) is 10.3. The molecule has 0 aliphatic rings. The van der Waals surface area contributed by atoms with Crippen molar-refractivity contribution in [2.24, 2.45) is 5.73 Å². The summed E-state index contributed by atoms with van der Waals surface area (Å²) >= 11 is 0. The SMILES string of the molecule is NC(=O)CC(=O)Nc1ccc(F)cc1.Nc1ccc(Oc2ccnc3[nH]ccc23)cc1F.O=C(O)C(F)(F)F. The van der Waals surface area contributed by atoms with E-state index >= 15 is 0 Å². The molecule has 0 spiro atoms. The van der Waals surface area contributed by atoms with Gasteiger partial charge in [-0.3, -0.25) is 9.59 Å². The van der Waals surface area contributed by atoms with E-state index < -0.39 is 35.6 Å². The number of carbonyl (C=O) groups excluding carboxylic acids is 2. The first kappa shape index (κ1) is 30.0. The van der Waals surface area contributed by atoms with Gasteiger partial charge >= 0.3 is 12.1 Å². The number of hydrogen-bond acceptors (Lipinski definition) is 6. The standard InChI is InChI=1S/C13H10FN3O.C9H9FN2O2.C2HF3O2/c14-10-7-8(1-2-11(10)15)18-12-4-6-17-13-9(12)3-5-16-13;10-6-1-3-7(4-2-6)12-9(14)5-8(11)13;3-2(4,5)1(6)7/h1-7H,15H2,(H,16,17);1-4H,5H2,(H2,11,13)(H,12,14);(H,6,7). The molecule has 0 saturated carbocycles. The van der Waals surface area contributed by atoms with Crippen molar-refractivity contribution >= 4 is 40.2 Å². The van der Waals surface area contributed by atoms with Gasteiger partial charge in [-0.15, -0.1) is 0 Å². The minimum atomic E-state index is -5.08. The number of amides is 2. The lowest BCUT2D eigenvalue weighted by molar-refractivity contribution is -0.192.